The molecule has 0 atom stereocenters. The van der Waals surface area contributed by atoms with E-state index in [1.807, 2.05) is 0 Å². The number of para-hydroxylation sites is 2. The number of aryl methyl sites for hydroxylation is 1. The molecule has 0 aliphatic carbocycles. The second-order valence-electron chi connectivity index (χ2n) is 7.25. The lowest BCUT2D eigenvalue weighted by Gasteiger charge is -2.34. The Morgan fingerprint density at radius 1 is 0.852 bits per heavy atom. The zero-order valence-electron chi connectivity index (χ0n) is 16.1. The first-order valence-corrected chi connectivity index (χ1v) is 9.88. The molecule has 0 unspecified atom stereocenters. The van der Waals surface area contributed by atoms with Crippen LogP contribution >= 0.6 is 0 Å². The molecule has 1 aliphatic heterocycles. The second-order valence-corrected chi connectivity index (χ2v) is 7.25. The Balaban J connectivity index is 1.25. The quantitative estimate of drug-likeness (QED) is 0.670. The molecule has 1 aromatic heterocycles. The largest absolute Gasteiger partial charge is 0.327 e. The van der Waals surface area contributed by atoms with E-state index in [1.54, 1.807) is 0 Å². The van der Waals surface area contributed by atoms with E-state index in [0.717, 1.165) is 57.2 Å². The summed E-state index contributed by atoms with van der Waals surface area (Å²) in [6.07, 6.45) is 4.51. The first kappa shape index (κ1) is 18.0. The molecule has 0 saturated carbocycles. The number of nitrogens with zero attached hydrogens (tertiary/aromatic N) is 4. The van der Waals surface area contributed by atoms with Gasteiger partial charge in [-0.25, -0.2) is 4.98 Å². The second kappa shape index (κ2) is 8.51. The lowest BCUT2D eigenvalue weighted by molar-refractivity contribution is 0.139. The molecule has 0 spiro atoms. The average molecular weight is 361 g/mol. The molecule has 2 aromatic carbocycles. The van der Waals surface area contributed by atoms with Crippen molar-refractivity contribution in [2.24, 2.45) is 0 Å². The molecule has 1 aliphatic rings. The summed E-state index contributed by atoms with van der Waals surface area (Å²) in [5.74, 6) is 1.11. The van der Waals surface area contributed by atoms with Gasteiger partial charge >= 0.3 is 0 Å². The minimum absolute atomic E-state index is 1.01. The van der Waals surface area contributed by atoms with Crippen molar-refractivity contribution in [3.8, 4) is 0 Å². The Bertz CT molecular complexity index is 889. The zero-order valence-corrected chi connectivity index (χ0v) is 16.1. The third-order valence-corrected chi connectivity index (χ3v) is 5.42. The minimum atomic E-state index is 1.01. The van der Waals surface area contributed by atoms with Crippen LogP contribution in [0.1, 0.15) is 11.4 Å². The maximum Gasteiger partial charge on any atom is 0.106 e. The van der Waals surface area contributed by atoms with Crippen LogP contribution in [0.3, 0.4) is 0 Å². The van der Waals surface area contributed by atoms with Gasteiger partial charge in [0.2, 0.25) is 0 Å². The number of rotatable bonds is 6. The van der Waals surface area contributed by atoms with Gasteiger partial charge in [0.05, 0.1) is 11.0 Å². The predicted molar refractivity (Wildman–Crippen MR) is 113 cm³/mol. The van der Waals surface area contributed by atoms with E-state index in [9.17, 15) is 0 Å². The van der Waals surface area contributed by atoms with Gasteiger partial charge in [0.15, 0.2) is 0 Å². The van der Waals surface area contributed by atoms with Gasteiger partial charge in [0, 0.05) is 45.8 Å². The van der Waals surface area contributed by atoms with Crippen LogP contribution in [0.4, 0.5) is 0 Å². The maximum atomic E-state index is 4.68. The first-order chi connectivity index (χ1) is 13.3. The molecule has 4 nitrogen and oxygen atoms in total. The Morgan fingerprint density at radius 2 is 1.56 bits per heavy atom. The highest BCUT2D eigenvalue weighted by molar-refractivity contribution is 5.75. The third kappa shape index (κ3) is 4.46. The van der Waals surface area contributed by atoms with Gasteiger partial charge in [-0.2, -0.15) is 0 Å². The van der Waals surface area contributed by atoms with Gasteiger partial charge < -0.3 is 4.57 Å². The molecule has 1 saturated heterocycles. The number of hydrogen-bond donors (Lipinski definition) is 0. The number of piperazine rings is 1. The standard InChI is InChI=1S/C23H28N4/c1-20-24-22-11-5-6-12-23(22)27(20)19-18-26-16-14-25(15-17-26)13-7-10-21-8-3-2-4-9-21/h2-12H,13-19H2,1H3/b10-7+. The van der Waals surface area contributed by atoms with Gasteiger partial charge in [0.1, 0.15) is 5.82 Å². The van der Waals surface area contributed by atoms with Gasteiger partial charge in [0.25, 0.3) is 0 Å². The summed E-state index contributed by atoms with van der Waals surface area (Å²) in [6.45, 7) is 9.82. The molecular formula is C23H28N4. The zero-order chi connectivity index (χ0) is 18.5. The SMILES string of the molecule is Cc1nc2ccccc2n1CCN1CCN(C/C=C/c2ccccc2)CC1. The minimum Gasteiger partial charge on any atom is -0.327 e. The van der Waals surface area contributed by atoms with Gasteiger partial charge in [-0.15, -0.1) is 0 Å². The summed E-state index contributed by atoms with van der Waals surface area (Å²) in [5.41, 5.74) is 3.63. The van der Waals surface area contributed by atoms with Crippen LogP contribution in [-0.4, -0.2) is 58.6 Å². The number of hydrogen-bond acceptors (Lipinski definition) is 3. The Kier molecular flexibility index (Phi) is 5.66. The van der Waals surface area contributed by atoms with Crippen LogP contribution in [-0.2, 0) is 6.54 Å². The van der Waals surface area contributed by atoms with Crippen molar-refractivity contribution in [2.45, 2.75) is 13.5 Å². The highest BCUT2D eigenvalue weighted by Crippen LogP contribution is 2.15. The van der Waals surface area contributed by atoms with Crippen LogP contribution in [0.2, 0.25) is 0 Å². The summed E-state index contributed by atoms with van der Waals surface area (Å²) in [6, 6.07) is 19.0. The van der Waals surface area contributed by atoms with Gasteiger partial charge in [-0.1, -0.05) is 54.6 Å². The van der Waals surface area contributed by atoms with Crippen molar-refractivity contribution in [3.05, 3.63) is 72.1 Å². The average Bonchev–Trinajstić information content (AvgIpc) is 3.03. The fraction of sp³-hybridized carbons (Fsp3) is 0.348. The van der Waals surface area contributed by atoms with E-state index in [1.165, 1.54) is 11.1 Å². The molecule has 27 heavy (non-hydrogen) atoms. The Labute approximate surface area is 161 Å². The van der Waals surface area contributed by atoms with E-state index in [0.29, 0.717) is 0 Å². The van der Waals surface area contributed by atoms with Crippen molar-refractivity contribution in [1.29, 1.82) is 0 Å². The monoisotopic (exact) mass is 360 g/mol. The van der Waals surface area contributed by atoms with Crippen LogP contribution in [0.5, 0.6) is 0 Å². The summed E-state index contributed by atoms with van der Waals surface area (Å²) in [7, 11) is 0. The fourth-order valence-corrected chi connectivity index (χ4v) is 3.82. The van der Waals surface area contributed by atoms with E-state index >= 15 is 0 Å². The molecule has 0 N–H and O–H groups in total. The smallest absolute Gasteiger partial charge is 0.106 e. The van der Waals surface area contributed by atoms with Crippen molar-refractivity contribution >= 4 is 17.1 Å². The normalized spacial score (nSPS) is 16.5. The Morgan fingerprint density at radius 3 is 2.37 bits per heavy atom. The predicted octanol–water partition coefficient (Wildman–Crippen LogP) is 3.68. The van der Waals surface area contributed by atoms with Crippen LogP contribution in [0.15, 0.2) is 60.7 Å². The molecular weight excluding hydrogens is 332 g/mol. The summed E-state index contributed by atoms with van der Waals surface area (Å²) in [5, 5.41) is 0. The van der Waals surface area contributed by atoms with Crippen LogP contribution < -0.4 is 0 Å². The summed E-state index contributed by atoms with van der Waals surface area (Å²) in [4.78, 5) is 9.79. The van der Waals surface area contributed by atoms with E-state index in [2.05, 4.69) is 93.0 Å². The topological polar surface area (TPSA) is 24.3 Å². The molecule has 4 rings (SSSR count). The number of aromatic nitrogens is 2. The fourth-order valence-electron chi connectivity index (χ4n) is 3.82. The maximum absolute atomic E-state index is 4.68. The van der Waals surface area contributed by atoms with Crippen molar-refractivity contribution in [1.82, 2.24) is 19.4 Å². The highest BCUT2D eigenvalue weighted by Gasteiger charge is 2.16. The molecule has 0 amide bonds. The molecule has 4 heteroatoms. The molecule has 3 aromatic rings. The molecule has 0 bridgehead atoms. The van der Waals surface area contributed by atoms with Gasteiger partial charge in [-0.05, 0) is 24.6 Å². The van der Waals surface area contributed by atoms with Crippen molar-refractivity contribution in [3.63, 3.8) is 0 Å². The van der Waals surface area contributed by atoms with Crippen LogP contribution in [0.25, 0.3) is 17.1 Å². The lowest BCUT2D eigenvalue weighted by Crippen LogP contribution is -2.47. The van der Waals surface area contributed by atoms with Crippen molar-refractivity contribution < 1.29 is 0 Å². The third-order valence-electron chi connectivity index (χ3n) is 5.42. The first-order valence-electron chi connectivity index (χ1n) is 9.88. The van der Waals surface area contributed by atoms with E-state index in [-0.39, 0.29) is 0 Å². The van der Waals surface area contributed by atoms with E-state index < -0.39 is 0 Å². The lowest BCUT2D eigenvalue weighted by atomic mass is 10.2. The van der Waals surface area contributed by atoms with Gasteiger partial charge in [-0.3, -0.25) is 9.80 Å². The van der Waals surface area contributed by atoms with Crippen molar-refractivity contribution in [2.75, 3.05) is 39.3 Å². The molecule has 0 radical (unpaired) electrons. The molecule has 1 fully saturated rings. The highest BCUT2D eigenvalue weighted by atomic mass is 15.3. The Hall–Kier alpha value is -2.43. The number of imidazole rings is 1. The molecule has 2 heterocycles. The molecule has 140 valence electrons. The number of fused-ring (bicyclic) bond motifs is 1. The summed E-state index contributed by atoms with van der Waals surface area (Å²) < 4.78 is 2.35. The summed E-state index contributed by atoms with van der Waals surface area (Å²) >= 11 is 0. The van der Waals surface area contributed by atoms with E-state index in [4.69, 9.17) is 0 Å². The number of benzene rings is 2. The van der Waals surface area contributed by atoms with Crippen LogP contribution in [0, 0.1) is 6.92 Å².